The van der Waals surface area contributed by atoms with E-state index >= 15 is 0 Å². The Labute approximate surface area is 190 Å². The Morgan fingerprint density at radius 2 is 2.06 bits per heavy atom. The molecule has 2 saturated heterocycles. The molecular formula is C19H22N4O7S2. The number of β-lactam (4-membered cyclic amide) rings is 1. The quantitative estimate of drug-likeness (QED) is 0.343. The molecule has 4 heterocycles. The first-order chi connectivity index (χ1) is 15.1. The van der Waals surface area contributed by atoms with Crippen LogP contribution < -0.4 is 10.6 Å². The maximum absolute atomic E-state index is 12.5. The summed E-state index contributed by atoms with van der Waals surface area (Å²) in [6.45, 7) is 3.85. The van der Waals surface area contributed by atoms with Gasteiger partial charge >= 0.3 is 11.9 Å². The van der Waals surface area contributed by atoms with Gasteiger partial charge in [-0.3, -0.25) is 9.59 Å². The van der Waals surface area contributed by atoms with Crippen LogP contribution in [0, 0.1) is 11.8 Å². The van der Waals surface area contributed by atoms with Crippen LogP contribution in [-0.2, 0) is 14.4 Å². The molecule has 1 aromatic heterocycles. The second-order valence-corrected chi connectivity index (χ2v) is 10.2. The Morgan fingerprint density at radius 1 is 1.34 bits per heavy atom. The fraction of sp³-hybridized carbons (Fsp3) is 0.526. The zero-order valence-corrected chi connectivity index (χ0v) is 18.8. The lowest BCUT2D eigenvalue weighted by Crippen LogP contribution is -2.63. The zero-order valence-electron chi connectivity index (χ0n) is 17.1. The van der Waals surface area contributed by atoms with Crippen LogP contribution in [0.25, 0.3) is 0 Å². The molecular weight excluding hydrogens is 460 g/mol. The van der Waals surface area contributed by atoms with Crippen LogP contribution in [0.4, 0.5) is 5.13 Å². The normalized spacial score (nSPS) is 30.2. The Hall–Kier alpha value is -2.48. The van der Waals surface area contributed by atoms with Crippen LogP contribution in [0.2, 0.25) is 0 Å². The Bertz CT molecular complexity index is 1020. The molecule has 13 heteroatoms. The fourth-order valence-corrected chi connectivity index (χ4v) is 6.64. The molecule has 1 aromatic rings. The summed E-state index contributed by atoms with van der Waals surface area (Å²) in [6.07, 6.45) is -0.436. The molecule has 3 aliphatic rings. The number of hydrogen-bond donors (Lipinski definition) is 5. The third kappa shape index (κ3) is 3.78. The number of nitrogens with zero attached hydrogens (tertiary/aromatic N) is 2. The highest BCUT2D eigenvalue weighted by molar-refractivity contribution is 8.03. The molecule has 0 aromatic carbocycles. The van der Waals surface area contributed by atoms with E-state index in [0.717, 1.165) is 11.3 Å². The number of aliphatic hydroxyl groups excluding tert-OH is 1. The number of anilines is 1. The third-order valence-corrected chi connectivity index (χ3v) is 8.23. The van der Waals surface area contributed by atoms with E-state index in [1.54, 1.807) is 0 Å². The molecule has 2 amide bonds. The zero-order chi connectivity index (χ0) is 23.3. The summed E-state index contributed by atoms with van der Waals surface area (Å²) >= 11 is 2.37. The predicted molar refractivity (Wildman–Crippen MR) is 115 cm³/mol. The fourth-order valence-electron chi connectivity index (χ4n) is 4.47. The summed E-state index contributed by atoms with van der Waals surface area (Å²) in [6, 6.07) is -0.919. The predicted octanol–water partition coefficient (Wildman–Crippen LogP) is 0.397. The summed E-state index contributed by atoms with van der Waals surface area (Å²) < 4.78 is 0. The van der Waals surface area contributed by atoms with E-state index in [0.29, 0.717) is 17.9 Å². The summed E-state index contributed by atoms with van der Waals surface area (Å²) in [5.41, 5.74) is -0.178. The number of aromatic carboxylic acids is 1. The van der Waals surface area contributed by atoms with Crippen LogP contribution >= 0.6 is 23.1 Å². The van der Waals surface area contributed by atoms with Crippen LogP contribution in [0.5, 0.6) is 0 Å². The minimum atomic E-state index is -1.18. The van der Waals surface area contributed by atoms with Crippen molar-refractivity contribution >= 4 is 52.0 Å². The maximum atomic E-state index is 12.5. The number of aromatic nitrogens is 1. The molecule has 5 N–H and O–H groups in total. The average molecular weight is 483 g/mol. The summed E-state index contributed by atoms with van der Waals surface area (Å²) in [5, 5.41) is 35.7. The molecule has 11 nitrogen and oxygen atoms in total. The number of aliphatic hydroxyl groups is 1. The Kier molecular flexibility index (Phi) is 6.00. The number of rotatable bonds is 7. The van der Waals surface area contributed by atoms with Gasteiger partial charge < -0.3 is 30.9 Å². The van der Waals surface area contributed by atoms with E-state index in [2.05, 4.69) is 15.6 Å². The van der Waals surface area contributed by atoms with Crippen LogP contribution in [0.3, 0.4) is 0 Å². The molecule has 172 valence electrons. The number of nitrogens with one attached hydrogen (secondary N) is 2. The van der Waals surface area contributed by atoms with Gasteiger partial charge in [-0.05, 0) is 13.3 Å². The number of aliphatic carboxylic acids is 1. The van der Waals surface area contributed by atoms with E-state index in [1.165, 1.54) is 29.0 Å². The lowest BCUT2D eigenvalue weighted by molar-refractivity contribution is -0.163. The number of thiazole rings is 1. The van der Waals surface area contributed by atoms with Crippen molar-refractivity contribution in [3.63, 3.8) is 0 Å². The molecule has 0 aliphatic carbocycles. The van der Waals surface area contributed by atoms with Gasteiger partial charge in [-0.1, -0.05) is 6.92 Å². The second-order valence-electron chi connectivity index (χ2n) is 8.04. The van der Waals surface area contributed by atoms with Crippen molar-refractivity contribution in [2.24, 2.45) is 11.8 Å². The molecule has 0 radical (unpaired) electrons. The van der Waals surface area contributed by atoms with Crippen molar-refractivity contribution in [2.75, 3.05) is 11.9 Å². The van der Waals surface area contributed by atoms with Gasteiger partial charge in [-0.25, -0.2) is 14.6 Å². The summed E-state index contributed by atoms with van der Waals surface area (Å²) in [5.74, 6) is -3.94. The number of carbonyl (C=O) groups excluding carboxylic acids is 2. The highest BCUT2D eigenvalue weighted by Gasteiger charge is 2.60. The number of carboxylic acid groups (broad SMARTS) is 2. The second kappa shape index (κ2) is 8.46. The SMILES string of the molecule is C[C@@H](O)[C@H]1C(=O)N2C(C(=O)O)=C(S[C@@H]3CN[C@H](C(=O)Nc4nc(C(=O)O)cs4)C3)[C@H](C)[C@H]12. The third-order valence-electron chi connectivity index (χ3n) is 5.97. The van der Waals surface area contributed by atoms with Crippen LogP contribution in [0.1, 0.15) is 30.8 Å². The number of hydrogen-bond acceptors (Lipinski definition) is 9. The van der Waals surface area contributed by atoms with E-state index in [1.807, 2.05) is 6.92 Å². The van der Waals surface area contributed by atoms with Gasteiger partial charge in [0.2, 0.25) is 11.8 Å². The Morgan fingerprint density at radius 3 is 2.66 bits per heavy atom. The highest BCUT2D eigenvalue weighted by Crippen LogP contribution is 2.51. The first kappa shape index (κ1) is 22.7. The van der Waals surface area contributed by atoms with Gasteiger partial charge in [-0.2, -0.15) is 0 Å². The smallest absolute Gasteiger partial charge is 0.355 e. The maximum Gasteiger partial charge on any atom is 0.355 e. The van der Waals surface area contributed by atoms with Crippen molar-refractivity contribution in [3.8, 4) is 0 Å². The first-order valence-electron chi connectivity index (χ1n) is 9.98. The summed E-state index contributed by atoms with van der Waals surface area (Å²) in [4.78, 5) is 53.5. The van der Waals surface area contributed by atoms with Gasteiger partial charge in [0.05, 0.1) is 24.1 Å². The molecule has 3 aliphatic heterocycles. The number of amides is 2. The van der Waals surface area contributed by atoms with Crippen molar-refractivity contribution in [1.29, 1.82) is 0 Å². The molecule has 32 heavy (non-hydrogen) atoms. The van der Waals surface area contributed by atoms with Gasteiger partial charge in [0.25, 0.3) is 0 Å². The van der Waals surface area contributed by atoms with Crippen molar-refractivity contribution in [2.45, 2.75) is 43.7 Å². The van der Waals surface area contributed by atoms with E-state index in [4.69, 9.17) is 5.11 Å². The molecule has 0 spiro atoms. The summed E-state index contributed by atoms with van der Waals surface area (Å²) in [7, 11) is 0. The Balaban J connectivity index is 1.42. The van der Waals surface area contributed by atoms with Gasteiger partial charge in [0, 0.05) is 28.0 Å². The molecule has 2 fully saturated rings. The number of fused-ring (bicyclic) bond motifs is 1. The molecule has 4 rings (SSSR count). The first-order valence-corrected chi connectivity index (χ1v) is 11.7. The number of carbonyl (C=O) groups is 4. The van der Waals surface area contributed by atoms with E-state index in [9.17, 15) is 29.4 Å². The van der Waals surface area contributed by atoms with Crippen LogP contribution in [-0.4, -0.2) is 78.9 Å². The monoisotopic (exact) mass is 482 g/mol. The lowest BCUT2D eigenvalue weighted by Gasteiger charge is -2.46. The molecule has 0 unspecified atom stereocenters. The highest BCUT2D eigenvalue weighted by atomic mass is 32.2. The van der Waals surface area contributed by atoms with Crippen molar-refractivity contribution in [1.82, 2.24) is 15.2 Å². The van der Waals surface area contributed by atoms with Gasteiger partial charge in [0.15, 0.2) is 10.8 Å². The van der Waals surface area contributed by atoms with Crippen molar-refractivity contribution < 1.29 is 34.5 Å². The largest absolute Gasteiger partial charge is 0.477 e. The van der Waals surface area contributed by atoms with E-state index in [-0.39, 0.29) is 45.5 Å². The molecule has 6 atom stereocenters. The van der Waals surface area contributed by atoms with Gasteiger partial charge in [-0.15, -0.1) is 23.1 Å². The lowest BCUT2D eigenvalue weighted by atomic mass is 9.79. The van der Waals surface area contributed by atoms with Crippen LogP contribution in [0.15, 0.2) is 16.0 Å². The standard InChI is InChI=1S/C19H22N4O7S2/c1-6-12-11(7(2)24)16(26)23(12)13(18(29)30)14(6)32-8-3-9(20-4-8)15(25)22-19-21-10(5-31-19)17(27)28/h5-9,11-12,20,24H,3-4H2,1-2H3,(H,27,28)(H,29,30)(H,21,22,25)/t6-,7-,8+,9+,11-,12-/m1/s1. The van der Waals surface area contributed by atoms with Gasteiger partial charge in [0.1, 0.15) is 5.70 Å². The minimum absolute atomic E-state index is 0.0358. The molecule has 0 bridgehead atoms. The number of thioether (sulfide) groups is 1. The molecule has 0 saturated carbocycles. The van der Waals surface area contributed by atoms with Crippen molar-refractivity contribution in [3.05, 3.63) is 21.7 Å². The number of carboxylic acids is 2. The minimum Gasteiger partial charge on any atom is -0.477 e. The topological polar surface area (TPSA) is 169 Å². The van der Waals surface area contributed by atoms with E-state index < -0.39 is 30.0 Å². The average Bonchev–Trinajstić information content (AvgIpc) is 3.41.